The van der Waals surface area contributed by atoms with Crippen LogP contribution in [0.25, 0.3) is 10.9 Å². The van der Waals surface area contributed by atoms with Gasteiger partial charge in [0.15, 0.2) is 0 Å². The number of nitrogens with zero attached hydrogens (tertiary/aromatic N) is 2. The van der Waals surface area contributed by atoms with Gasteiger partial charge in [-0.25, -0.2) is 5.43 Å². The van der Waals surface area contributed by atoms with Crippen LogP contribution in [0.1, 0.15) is 15.9 Å². The second-order valence-electron chi connectivity index (χ2n) is 5.47. The Labute approximate surface area is 149 Å². The molecule has 3 rings (SSSR count). The van der Waals surface area contributed by atoms with Gasteiger partial charge in [0.2, 0.25) is 5.43 Å². The van der Waals surface area contributed by atoms with Crippen molar-refractivity contribution in [3.63, 3.8) is 0 Å². The summed E-state index contributed by atoms with van der Waals surface area (Å²) in [5.74, 6) is -0.525. The first kappa shape index (κ1) is 17.0. The van der Waals surface area contributed by atoms with Gasteiger partial charge in [0.25, 0.3) is 5.91 Å². The first-order chi connectivity index (χ1) is 12.1. The van der Waals surface area contributed by atoms with Crippen LogP contribution in [0.2, 0.25) is 0 Å². The highest BCUT2D eigenvalue weighted by Crippen LogP contribution is 2.14. The molecule has 0 aliphatic carbocycles. The Morgan fingerprint density at radius 3 is 2.60 bits per heavy atom. The summed E-state index contributed by atoms with van der Waals surface area (Å²) in [7, 11) is 1.80. The standard InChI is InChI=1S/C19H17N3O2S/c1-22-12-16(18(23)15-5-3-4-6-17(15)22)19(24)21-20-11-13-7-9-14(25-2)10-8-13/h3-12H,1-2H3,(H,21,24)/b20-11+. The molecule has 1 heterocycles. The van der Waals surface area contributed by atoms with Gasteiger partial charge in [-0.2, -0.15) is 5.10 Å². The number of thioether (sulfide) groups is 1. The van der Waals surface area contributed by atoms with E-state index in [0.29, 0.717) is 5.39 Å². The number of carbonyl (C=O) groups excluding carboxylic acids is 1. The summed E-state index contributed by atoms with van der Waals surface area (Å²) in [6.45, 7) is 0. The van der Waals surface area contributed by atoms with Crippen molar-refractivity contribution < 1.29 is 4.79 Å². The quantitative estimate of drug-likeness (QED) is 0.446. The third-order valence-electron chi connectivity index (χ3n) is 3.84. The van der Waals surface area contributed by atoms with Crippen molar-refractivity contribution in [1.82, 2.24) is 9.99 Å². The molecule has 0 bridgehead atoms. The summed E-state index contributed by atoms with van der Waals surface area (Å²) < 4.78 is 1.76. The number of hydrogen-bond acceptors (Lipinski definition) is 4. The minimum atomic E-state index is -0.525. The molecule has 0 saturated carbocycles. The van der Waals surface area contributed by atoms with Gasteiger partial charge in [-0.15, -0.1) is 11.8 Å². The topological polar surface area (TPSA) is 63.5 Å². The van der Waals surface area contributed by atoms with Gasteiger partial charge >= 0.3 is 0 Å². The smallest absolute Gasteiger partial charge is 0.276 e. The number of benzene rings is 2. The molecule has 0 unspecified atom stereocenters. The molecule has 2 aromatic carbocycles. The Morgan fingerprint density at radius 1 is 1.16 bits per heavy atom. The fourth-order valence-corrected chi connectivity index (χ4v) is 2.93. The molecule has 1 amide bonds. The number of para-hydroxylation sites is 1. The lowest BCUT2D eigenvalue weighted by Gasteiger charge is -2.07. The SMILES string of the molecule is CSc1ccc(/C=N/NC(=O)c2cn(C)c3ccccc3c2=O)cc1. The Bertz CT molecular complexity index is 1010. The second kappa shape index (κ2) is 7.36. The van der Waals surface area contributed by atoms with Crippen molar-refractivity contribution in [2.45, 2.75) is 4.90 Å². The van der Waals surface area contributed by atoms with Crippen LogP contribution in [-0.4, -0.2) is 22.9 Å². The number of nitrogens with one attached hydrogen (secondary N) is 1. The van der Waals surface area contributed by atoms with Crippen molar-refractivity contribution in [1.29, 1.82) is 0 Å². The molecule has 0 spiro atoms. The molecular formula is C19H17N3O2S. The normalized spacial score (nSPS) is 11.1. The highest BCUT2D eigenvalue weighted by atomic mass is 32.2. The Kier molecular flexibility index (Phi) is 5.00. The first-order valence-electron chi connectivity index (χ1n) is 7.66. The van der Waals surface area contributed by atoms with Crippen LogP contribution in [0.4, 0.5) is 0 Å². The van der Waals surface area contributed by atoms with Crippen molar-refractivity contribution in [3.8, 4) is 0 Å². The number of carbonyl (C=O) groups is 1. The highest BCUT2D eigenvalue weighted by molar-refractivity contribution is 7.98. The zero-order chi connectivity index (χ0) is 17.8. The van der Waals surface area contributed by atoms with Gasteiger partial charge in [-0.05, 0) is 36.1 Å². The van der Waals surface area contributed by atoms with E-state index in [1.807, 2.05) is 42.7 Å². The maximum atomic E-state index is 12.5. The lowest BCUT2D eigenvalue weighted by molar-refractivity contribution is 0.0953. The summed E-state index contributed by atoms with van der Waals surface area (Å²) in [4.78, 5) is 26.0. The van der Waals surface area contributed by atoms with Crippen LogP contribution in [0.5, 0.6) is 0 Å². The molecule has 0 aliphatic heterocycles. The number of amides is 1. The Hall–Kier alpha value is -2.86. The number of hydrogen-bond donors (Lipinski definition) is 1. The van der Waals surface area contributed by atoms with Crippen LogP contribution in [0.3, 0.4) is 0 Å². The van der Waals surface area contributed by atoms with Crippen molar-refractivity contribution in [3.05, 3.63) is 76.1 Å². The van der Waals surface area contributed by atoms with E-state index in [2.05, 4.69) is 10.5 Å². The lowest BCUT2D eigenvalue weighted by atomic mass is 10.1. The number of aryl methyl sites for hydroxylation is 1. The predicted octanol–water partition coefficient (Wildman–Crippen LogP) is 3.02. The fraction of sp³-hybridized carbons (Fsp3) is 0.105. The maximum absolute atomic E-state index is 12.5. The summed E-state index contributed by atoms with van der Waals surface area (Å²) >= 11 is 1.66. The van der Waals surface area contributed by atoms with Gasteiger partial charge < -0.3 is 4.57 Å². The summed E-state index contributed by atoms with van der Waals surface area (Å²) in [6.07, 6.45) is 5.09. The zero-order valence-electron chi connectivity index (χ0n) is 13.9. The third-order valence-corrected chi connectivity index (χ3v) is 4.58. The molecule has 0 saturated heterocycles. The van der Waals surface area contributed by atoms with E-state index >= 15 is 0 Å². The van der Waals surface area contributed by atoms with E-state index in [0.717, 1.165) is 16.0 Å². The molecule has 6 heteroatoms. The summed E-state index contributed by atoms with van der Waals surface area (Å²) in [5, 5.41) is 4.45. The monoisotopic (exact) mass is 351 g/mol. The van der Waals surface area contributed by atoms with Gasteiger partial charge in [0.1, 0.15) is 5.56 Å². The van der Waals surface area contributed by atoms with Crippen LogP contribution >= 0.6 is 11.8 Å². The number of aromatic nitrogens is 1. The fourth-order valence-electron chi connectivity index (χ4n) is 2.52. The van der Waals surface area contributed by atoms with E-state index in [9.17, 15) is 9.59 Å². The molecule has 1 aromatic heterocycles. The second-order valence-corrected chi connectivity index (χ2v) is 6.35. The van der Waals surface area contributed by atoms with Crippen LogP contribution < -0.4 is 10.9 Å². The third kappa shape index (κ3) is 3.64. The first-order valence-corrected chi connectivity index (χ1v) is 8.88. The van der Waals surface area contributed by atoms with Crippen LogP contribution in [0, 0.1) is 0 Å². The number of pyridine rings is 1. The average Bonchev–Trinajstić information content (AvgIpc) is 2.65. The number of hydrazone groups is 1. The zero-order valence-corrected chi connectivity index (χ0v) is 14.7. The van der Waals surface area contributed by atoms with E-state index in [1.165, 1.54) is 6.20 Å². The maximum Gasteiger partial charge on any atom is 0.276 e. The minimum Gasteiger partial charge on any atom is -0.350 e. The molecule has 0 aliphatic rings. The summed E-state index contributed by atoms with van der Waals surface area (Å²) in [5.41, 5.74) is 3.83. The molecule has 3 aromatic rings. The number of rotatable bonds is 4. The molecule has 0 fully saturated rings. The predicted molar refractivity (Wildman–Crippen MR) is 102 cm³/mol. The lowest BCUT2D eigenvalue weighted by Crippen LogP contribution is -2.26. The minimum absolute atomic E-state index is 0.0658. The average molecular weight is 351 g/mol. The van der Waals surface area contributed by atoms with Gasteiger partial charge in [0, 0.05) is 23.5 Å². The van der Waals surface area contributed by atoms with E-state index in [-0.39, 0.29) is 11.0 Å². The van der Waals surface area contributed by atoms with E-state index < -0.39 is 5.91 Å². The number of fused-ring (bicyclic) bond motifs is 1. The van der Waals surface area contributed by atoms with Gasteiger partial charge in [-0.3, -0.25) is 9.59 Å². The molecule has 0 atom stereocenters. The van der Waals surface area contributed by atoms with Gasteiger partial charge in [0.05, 0.1) is 11.7 Å². The largest absolute Gasteiger partial charge is 0.350 e. The van der Waals surface area contributed by atoms with Crippen molar-refractivity contribution >= 4 is 34.8 Å². The molecule has 1 N–H and O–H groups in total. The highest BCUT2D eigenvalue weighted by Gasteiger charge is 2.13. The van der Waals surface area contributed by atoms with Crippen LogP contribution in [0.15, 0.2) is 69.5 Å². The molecule has 5 nitrogen and oxygen atoms in total. The molecular weight excluding hydrogens is 334 g/mol. The van der Waals surface area contributed by atoms with Crippen molar-refractivity contribution in [2.75, 3.05) is 6.26 Å². The van der Waals surface area contributed by atoms with E-state index in [4.69, 9.17) is 0 Å². The Morgan fingerprint density at radius 2 is 1.88 bits per heavy atom. The molecule has 126 valence electrons. The molecule has 25 heavy (non-hydrogen) atoms. The van der Waals surface area contributed by atoms with Crippen molar-refractivity contribution in [2.24, 2.45) is 12.1 Å². The van der Waals surface area contributed by atoms with Gasteiger partial charge in [-0.1, -0.05) is 24.3 Å². The molecule has 0 radical (unpaired) electrons. The van der Waals surface area contributed by atoms with E-state index in [1.54, 1.807) is 41.7 Å². The Balaban J connectivity index is 1.81. The van der Waals surface area contributed by atoms with Crippen LogP contribution in [-0.2, 0) is 7.05 Å². The summed E-state index contributed by atoms with van der Waals surface area (Å²) in [6, 6.07) is 15.0.